The zero-order valence-electron chi connectivity index (χ0n) is 12.5. The molecule has 0 saturated carbocycles. The quantitative estimate of drug-likeness (QED) is 0.751. The van der Waals surface area contributed by atoms with Gasteiger partial charge < -0.3 is 19.9 Å². The average Bonchev–Trinajstić information content (AvgIpc) is 2.53. The maximum absolute atomic E-state index is 11.0. The van der Waals surface area contributed by atoms with Crippen molar-refractivity contribution >= 4 is 39.2 Å². The van der Waals surface area contributed by atoms with Crippen molar-refractivity contribution in [1.82, 2.24) is 0 Å². The lowest BCUT2D eigenvalue weighted by atomic mass is 10.1. The van der Waals surface area contributed by atoms with Crippen molar-refractivity contribution in [1.29, 1.82) is 0 Å². The summed E-state index contributed by atoms with van der Waals surface area (Å²) in [6, 6.07) is 8.25. The van der Waals surface area contributed by atoms with Crippen LogP contribution in [0.3, 0.4) is 0 Å². The molecule has 0 amide bonds. The summed E-state index contributed by atoms with van der Waals surface area (Å²) in [6.45, 7) is 0.446. The molecule has 122 valence electrons. The van der Waals surface area contributed by atoms with Crippen LogP contribution in [-0.2, 0) is 6.54 Å². The van der Waals surface area contributed by atoms with Crippen LogP contribution in [0.1, 0.15) is 15.9 Å². The second kappa shape index (κ2) is 7.57. The Labute approximate surface area is 147 Å². The van der Waals surface area contributed by atoms with Gasteiger partial charge in [-0.05, 0) is 51.8 Å². The maximum Gasteiger partial charge on any atom is 0.335 e. The van der Waals surface area contributed by atoms with Crippen LogP contribution in [0.25, 0.3) is 0 Å². The number of anilines is 1. The van der Waals surface area contributed by atoms with Crippen LogP contribution in [-0.4, -0.2) is 25.3 Å². The molecule has 2 rings (SSSR count). The Hall–Kier alpha value is -1.92. The summed E-state index contributed by atoms with van der Waals surface area (Å²) in [5.74, 6) is 0.213. The van der Waals surface area contributed by atoms with Crippen molar-refractivity contribution < 1.29 is 19.4 Å². The van der Waals surface area contributed by atoms with Gasteiger partial charge in [-0.3, -0.25) is 0 Å². The predicted molar refractivity (Wildman–Crippen MR) is 93.0 cm³/mol. The standard InChI is InChI=1S/C16H15BrClNO4/c1-22-14-6-9(5-11(17)15(14)23-2)8-19-13-7-10(16(20)21)3-4-12(13)18/h3-7,19H,8H2,1-2H3,(H,20,21). The molecule has 0 radical (unpaired) electrons. The van der Waals surface area contributed by atoms with Gasteiger partial charge >= 0.3 is 5.97 Å². The topological polar surface area (TPSA) is 67.8 Å². The zero-order valence-corrected chi connectivity index (χ0v) is 14.9. The van der Waals surface area contributed by atoms with Crippen molar-refractivity contribution in [2.24, 2.45) is 0 Å². The van der Waals surface area contributed by atoms with E-state index in [9.17, 15) is 4.79 Å². The minimum Gasteiger partial charge on any atom is -0.493 e. The highest BCUT2D eigenvalue weighted by atomic mass is 79.9. The van der Waals surface area contributed by atoms with Crippen LogP contribution in [0.2, 0.25) is 5.02 Å². The fraction of sp³-hybridized carbons (Fsp3) is 0.188. The minimum atomic E-state index is -1.00. The van der Waals surface area contributed by atoms with Gasteiger partial charge in [0.1, 0.15) is 0 Å². The monoisotopic (exact) mass is 399 g/mol. The van der Waals surface area contributed by atoms with Crippen LogP contribution in [0.5, 0.6) is 11.5 Å². The summed E-state index contributed by atoms with van der Waals surface area (Å²) in [5, 5.41) is 12.6. The first-order valence-electron chi connectivity index (χ1n) is 6.63. The smallest absolute Gasteiger partial charge is 0.335 e. The molecule has 2 N–H and O–H groups in total. The number of nitrogens with one attached hydrogen (secondary N) is 1. The molecular formula is C16H15BrClNO4. The third-order valence-electron chi connectivity index (χ3n) is 3.19. The number of methoxy groups -OCH3 is 2. The fourth-order valence-electron chi connectivity index (χ4n) is 2.06. The molecule has 0 fully saturated rings. The molecule has 0 atom stereocenters. The van der Waals surface area contributed by atoms with E-state index in [4.69, 9.17) is 26.2 Å². The lowest BCUT2D eigenvalue weighted by Gasteiger charge is -2.14. The van der Waals surface area contributed by atoms with Gasteiger partial charge in [0.25, 0.3) is 0 Å². The van der Waals surface area contributed by atoms with Gasteiger partial charge in [-0.25, -0.2) is 4.79 Å². The molecule has 0 aliphatic rings. The summed E-state index contributed by atoms with van der Waals surface area (Å²) >= 11 is 9.53. The van der Waals surface area contributed by atoms with Crippen LogP contribution in [0.4, 0.5) is 5.69 Å². The molecule has 0 heterocycles. The highest BCUT2D eigenvalue weighted by Gasteiger charge is 2.11. The van der Waals surface area contributed by atoms with E-state index in [1.165, 1.54) is 12.1 Å². The summed E-state index contributed by atoms with van der Waals surface area (Å²) in [7, 11) is 3.13. The molecule has 0 aliphatic carbocycles. The van der Waals surface area contributed by atoms with Gasteiger partial charge in [0, 0.05) is 6.54 Å². The SMILES string of the molecule is COc1cc(CNc2cc(C(=O)O)ccc2Cl)cc(Br)c1OC. The first kappa shape index (κ1) is 17.4. The maximum atomic E-state index is 11.0. The summed E-state index contributed by atoms with van der Waals surface area (Å²) in [5.41, 5.74) is 1.65. The molecule has 2 aromatic rings. The number of ether oxygens (including phenoxy) is 2. The number of rotatable bonds is 6. The molecular weight excluding hydrogens is 386 g/mol. The number of hydrogen-bond acceptors (Lipinski definition) is 4. The lowest BCUT2D eigenvalue weighted by Crippen LogP contribution is -2.03. The van der Waals surface area contributed by atoms with Crippen molar-refractivity contribution in [3.63, 3.8) is 0 Å². The molecule has 0 spiro atoms. The zero-order chi connectivity index (χ0) is 17.0. The third-order valence-corrected chi connectivity index (χ3v) is 4.11. The van der Waals surface area contributed by atoms with E-state index in [0.29, 0.717) is 28.8 Å². The van der Waals surface area contributed by atoms with Crippen LogP contribution < -0.4 is 14.8 Å². The highest BCUT2D eigenvalue weighted by molar-refractivity contribution is 9.10. The molecule has 5 nitrogen and oxygen atoms in total. The Balaban J connectivity index is 2.23. The molecule has 7 heteroatoms. The van der Waals surface area contributed by atoms with E-state index in [-0.39, 0.29) is 5.56 Å². The number of aromatic carboxylic acids is 1. The second-order valence-electron chi connectivity index (χ2n) is 4.67. The largest absolute Gasteiger partial charge is 0.493 e. The number of carbonyl (C=O) groups is 1. The Morgan fingerprint density at radius 3 is 2.61 bits per heavy atom. The molecule has 0 unspecified atom stereocenters. The Morgan fingerprint density at radius 1 is 1.26 bits per heavy atom. The predicted octanol–water partition coefficient (Wildman–Crippen LogP) is 4.43. The van der Waals surface area contributed by atoms with Gasteiger partial charge in [0.05, 0.1) is 35.0 Å². The van der Waals surface area contributed by atoms with Gasteiger partial charge in [-0.15, -0.1) is 0 Å². The summed E-state index contributed by atoms with van der Waals surface area (Å²) < 4.78 is 11.3. The molecule has 0 aromatic heterocycles. The Bertz CT molecular complexity index is 736. The van der Waals surface area contributed by atoms with Crippen LogP contribution in [0, 0.1) is 0 Å². The molecule has 0 bridgehead atoms. The van der Waals surface area contributed by atoms with E-state index in [1.54, 1.807) is 20.3 Å². The van der Waals surface area contributed by atoms with Gasteiger partial charge in [-0.2, -0.15) is 0 Å². The first-order chi connectivity index (χ1) is 11.0. The first-order valence-corrected chi connectivity index (χ1v) is 7.80. The van der Waals surface area contributed by atoms with Crippen molar-refractivity contribution in [2.45, 2.75) is 6.54 Å². The summed E-state index contributed by atoms with van der Waals surface area (Å²) in [4.78, 5) is 11.0. The van der Waals surface area contributed by atoms with Gasteiger partial charge in [0.2, 0.25) is 0 Å². The Morgan fingerprint density at radius 2 is 2.00 bits per heavy atom. The van der Waals surface area contributed by atoms with E-state index in [0.717, 1.165) is 10.0 Å². The average molecular weight is 401 g/mol. The van der Waals surface area contributed by atoms with Gasteiger partial charge in [0.15, 0.2) is 11.5 Å². The number of carboxylic acid groups (broad SMARTS) is 1. The number of benzene rings is 2. The third kappa shape index (κ3) is 4.09. The number of carboxylic acids is 1. The van der Waals surface area contributed by atoms with Crippen molar-refractivity contribution in [3.8, 4) is 11.5 Å². The van der Waals surface area contributed by atoms with Crippen molar-refractivity contribution in [2.75, 3.05) is 19.5 Å². The number of hydrogen-bond donors (Lipinski definition) is 2. The van der Waals surface area contributed by atoms with Gasteiger partial charge in [-0.1, -0.05) is 11.6 Å². The van der Waals surface area contributed by atoms with Crippen molar-refractivity contribution in [3.05, 3.63) is 51.0 Å². The lowest BCUT2D eigenvalue weighted by molar-refractivity contribution is 0.0697. The van der Waals surface area contributed by atoms with E-state index in [2.05, 4.69) is 21.2 Å². The van der Waals surface area contributed by atoms with E-state index in [1.807, 2.05) is 12.1 Å². The normalized spacial score (nSPS) is 10.3. The summed E-state index contributed by atoms with van der Waals surface area (Å²) in [6.07, 6.45) is 0. The van der Waals surface area contributed by atoms with E-state index < -0.39 is 5.97 Å². The highest BCUT2D eigenvalue weighted by Crippen LogP contribution is 2.36. The molecule has 2 aromatic carbocycles. The number of halogens is 2. The minimum absolute atomic E-state index is 0.172. The van der Waals surface area contributed by atoms with Crippen LogP contribution in [0.15, 0.2) is 34.8 Å². The van der Waals surface area contributed by atoms with Crippen LogP contribution >= 0.6 is 27.5 Å². The molecule has 23 heavy (non-hydrogen) atoms. The fourth-order valence-corrected chi connectivity index (χ4v) is 2.90. The second-order valence-corrected chi connectivity index (χ2v) is 5.93. The van der Waals surface area contributed by atoms with E-state index >= 15 is 0 Å². The molecule has 0 aliphatic heterocycles. The Kier molecular flexibility index (Phi) is 5.74. The molecule has 0 saturated heterocycles.